The molecule has 0 bridgehead atoms. The Hall–Kier alpha value is -3.16. The first-order valence-electron chi connectivity index (χ1n) is 8.66. The second-order valence-electron chi connectivity index (χ2n) is 6.41. The molecule has 2 heterocycles. The van der Waals surface area contributed by atoms with Gasteiger partial charge in [-0.1, -0.05) is 42.4 Å². The van der Waals surface area contributed by atoms with Crippen molar-refractivity contribution in [2.75, 3.05) is 6.54 Å². The van der Waals surface area contributed by atoms with Gasteiger partial charge in [-0.05, 0) is 25.8 Å². The van der Waals surface area contributed by atoms with Gasteiger partial charge in [0.25, 0.3) is 5.91 Å². The molecule has 1 aromatic heterocycles. The van der Waals surface area contributed by atoms with Gasteiger partial charge < -0.3 is 14.6 Å². The van der Waals surface area contributed by atoms with E-state index in [2.05, 4.69) is 10.5 Å². The van der Waals surface area contributed by atoms with Gasteiger partial charge in [-0.3, -0.25) is 14.5 Å². The number of nitrogens with zero attached hydrogens (tertiary/aromatic N) is 2. The molecule has 3 rings (SSSR count). The van der Waals surface area contributed by atoms with E-state index in [4.69, 9.17) is 9.26 Å². The first-order chi connectivity index (χ1) is 12.9. The summed E-state index contributed by atoms with van der Waals surface area (Å²) in [6, 6.07) is 8.37. The van der Waals surface area contributed by atoms with Crippen LogP contribution in [0, 0.1) is 13.8 Å². The smallest absolute Gasteiger partial charge is 0.326 e. The van der Waals surface area contributed by atoms with Crippen molar-refractivity contribution in [2.45, 2.75) is 39.3 Å². The number of urea groups is 1. The first-order valence-corrected chi connectivity index (χ1v) is 8.66. The van der Waals surface area contributed by atoms with Gasteiger partial charge in [0.1, 0.15) is 24.5 Å². The van der Waals surface area contributed by atoms with Crippen molar-refractivity contribution >= 4 is 17.9 Å². The van der Waals surface area contributed by atoms with Gasteiger partial charge in [-0.25, -0.2) is 4.79 Å². The van der Waals surface area contributed by atoms with Crippen molar-refractivity contribution in [1.29, 1.82) is 0 Å². The highest BCUT2D eigenvalue weighted by atomic mass is 16.5. The van der Waals surface area contributed by atoms with Crippen LogP contribution in [0.2, 0.25) is 0 Å². The van der Waals surface area contributed by atoms with Crippen molar-refractivity contribution in [3.8, 4) is 0 Å². The number of rotatable bonds is 6. The molecule has 3 amide bonds. The Morgan fingerprint density at radius 3 is 2.56 bits per heavy atom. The quantitative estimate of drug-likeness (QED) is 0.617. The fraction of sp³-hybridized carbons (Fsp3) is 0.368. The molecule has 1 saturated heterocycles. The zero-order valence-corrected chi connectivity index (χ0v) is 15.4. The zero-order valence-electron chi connectivity index (χ0n) is 15.4. The minimum Gasteiger partial charge on any atom is -0.459 e. The van der Waals surface area contributed by atoms with E-state index in [0.29, 0.717) is 29.0 Å². The van der Waals surface area contributed by atoms with Crippen LogP contribution in [0.1, 0.15) is 35.9 Å². The minimum atomic E-state index is -1.17. The molecular weight excluding hydrogens is 350 g/mol. The molecule has 2 aromatic rings. The highest BCUT2D eigenvalue weighted by Crippen LogP contribution is 2.32. The summed E-state index contributed by atoms with van der Waals surface area (Å²) in [5, 5.41) is 6.52. The highest BCUT2D eigenvalue weighted by molar-refractivity contribution is 6.09. The molecule has 0 spiro atoms. The van der Waals surface area contributed by atoms with E-state index in [1.165, 1.54) is 0 Å². The van der Waals surface area contributed by atoms with Crippen LogP contribution >= 0.6 is 0 Å². The Morgan fingerprint density at radius 1 is 1.26 bits per heavy atom. The Kier molecular flexibility index (Phi) is 4.98. The van der Waals surface area contributed by atoms with E-state index in [-0.39, 0.29) is 6.61 Å². The maximum absolute atomic E-state index is 13.0. The molecule has 1 aliphatic heterocycles. The van der Waals surface area contributed by atoms with E-state index in [1.54, 1.807) is 38.1 Å². The summed E-state index contributed by atoms with van der Waals surface area (Å²) >= 11 is 0. The second kappa shape index (κ2) is 7.22. The molecule has 0 saturated carbocycles. The predicted molar refractivity (Wildman–Crippen MR) is 94.4 cm³/mol. The number of carbonyl (C=O) groups is 3. The molecule has 0 unspecified atom stereocenters. The summed E-state index contributed by atoms with van der Waals surface area (Å²) < 4.78 is 10.2. The molecule has 8 heteroatoms. The van der Waals surface area contributed by atoms with E-state index >= 15 is 0 Å². The van der Waals surface area contributed by atoms with Crippen LogP contribution in [0.25, 0.3) is 0 Å². The number of amides is 3. The molecule has 27 heavy (non-hydrogen) atoms. The van der Waals surface area contributed by atoms with Crippen molar-refractivity contribution in [1.82, 2.24) is 15.4 Å². The largest absolute Gasteiger partial charge is 0.459 e. The van der Waals surface area contributed by atoms with Gasteiger partial charge in [-0.15, -0.1) is 0 Å². The lowest BCUT2D eigenvalue weighted by Gasteiger charge is -2.25. The second-order valence-corrected chi connectivity index (χ2v) is 6.41. The van der Waals surface area contributed by atoms with Gasteiger partial charge in [-0.2, -0.15) is 0 Å². The molecular formula is C19H21N3O5. The maximum Gasteiger partial charge on any atom is 0.326 e. The number of aromatic nitrogens is 1. The lowest BCUT2D eigenvalue weighted by atomic mass is 9.87. The fourth-order valence-corrected chi connectivity index (χ4v) is 3.17. The summed E-state index contributed by atoms with van der Waals surface area (Å²) in [7, 11) is 0. The van der Waals surface area contributed by atoms with Crippen molar-refractivity contribution < 1.29 is 23.6 Å². The topological polar surface area (TPSA) is 102 Å². The van der Waals surface area contributed by atoms with E-state index in [9.17, 15) is 14.4 Å². The van der Waals surface area contributed by atoms with Gasteiger partial charge in [0, 0.05) is 0 Å². The van der Waals surface area contributed by atoms with E-state index in [0.717, 1.165) is 4.90 Å². The molecule has 142 valence electrons. The van der Waals surface area contributed by atoms with Crippen LogP contribution < -0.4 is 5.32 Å². The number of esters is 1. The van der Waals surface area contributed by atoms with Crippen LogP contribution in [0.4, 0.5) is 4.79 Å². The summed E-state index contributed by atoms with van der Waals surface area (Å²) in [6.07, 6.45) is 0.367. The lowest BCUT2D eigenvalue weighted by Crippen LogP contribution is -2.43. The van der Waals surface area contributed by atoms with E-state index in [1.807, 2.05) is 13.0 Å². The number of imide groups is 1. The molecule has 1 aliphatic rings. The van der Waals surface area contributed by atoms with Crippen molar-refractivity contribution in [3.05, 3.63) is 52.9 Å². The number of hydrogen-bond donors (Lipinski definition) is 1. The Balaban J connectivity index is 1.71. The third-order valence-corrected chi connectivity index (χ3v) is 4.82. The standard InChI is InChI=1S/C19H21N3O5/c1-4-19(14-8-6-5-7-9-14)17(24)22(18(25)20-19)10-16(23)26-11-15-12(2)21-27-13(15)3/h5-9H,4,10-11H2,1-3H3,(H,20,25)/t19-/m1/s1. The van der Waals surface area contributed by atoms with Crippen LogP contribution in [-0.2, 0) is 26.5 Å². The third kappa shape index (κ3) is 3.30. The number of hydrogen-bond acceptors (Lipinski definition) is 6. The molecule has 1 N–H and O–H groups in total. The SMILES string of the molecule is CC[C@]1(c2ccccc2)NC(=O)N(CC(=O)OCc2c(C)noc2C)C1=O. The number of aryl methyl sites for hydroxylation is 2. The monoisotopic (exact) mass is 371 g/mol. The number of benzene rings is 1. The minimum absolute atomic E-state index is 0.0265. The number of nitrogens with one attached hydrogen (secondary N) is 1. The lowest BCUT2D eigenvalue weighted by molar-refractivity contribution is -0.149. The summed E-state index contributed by atoms with van der Waals surface area (Å²) in [6.45, 7) is 4.79. The maximum atomic E-state index is 13.0. The van der Waals surface area contributed by atoms with Gasteiger partial charge in [0.15, 0.2) is 0 Å². The highest BCUT2D eigenvalue weighted by Gasteiger charge is 2.51. The van der Waals surface area contributed by atoms with Gasteiger partial charge >= 0.3 is 12.0 Å². The summed E-state index contributed by atoms with van der Waals surface area (Å²) in [5.74, 6) is -0.585. The summed E-state index contributed by atoms with van der Waals surface area (Å²) in [4.78, 5) is 38.4. The van der Waals surface area contributed by atoms with Gasteiger partial charge in [0.2, 0.25) is 0 Å². The average Bonchev–Trinajstić information content (AvgIpc) is 3.12. The van der Waals surface area contributed by atoms with Crippen LogP contribution in [-0.4, -0.2) is 34.5 Å². The Bertz CT molecular complexity index is 857. The van der Waals surface area contributed by atoms with Gasteiger partial charge in [0.05, 0.1) is 11.3 Å². The Morgan fingerprint density at radius 2 is 1.96 bits per heavy atom. The van der Waals surface area contributed by atoms with Crippen LogP contribution in [0.15, 0.2) is 34.9 Å². The number of ether oxygens (including phenoxy) is 1. The van der Waals surface area contributed by atoms with Crippen molar-refractivity contribution in [3.63, 3.8) is 0 Å². The van der Waals surface area contributed by atoms with Crippen LogP contribution in [0.3, 0.4) is 0 Å². The third-order valence-electron chi connectivity index (χ3n) is 4.82. The summed E-state index contributed by atoms with van der Waals surface area (Å²) in [5.41, 5.74) is 0.815. The first kappa shape index (κ1) is 18.6. The Labute approximate surface area is 156 Å². The van der Waals surface area contributed by atoms with E-state index < -0.39 is 30.0 Å². The normalized spacial score (nSPS) is 19.3. The number of carbonyl (C=O) groups excluding carboxylic acids is 3. The molecule has 8 nitrogen and oxygen atoms in total. The average molecular weight is 371 g/mol. The molecule has 1 atom stereocenters. The van der Waals surface area contributed by atoms with Crippen molar-refractivity contribution in [2.24, 2.45) is 0 Å². The van der Waals surface area contributed by atoms with Crippen LogP contribution in [0.5, 0.6) is 0 Å². The molecule has 1 fully saturated rings. The predicted octanol–water partition coefficient (Wildman–Crippen LogP) is 2.19. The molecule has 0 radical (unpaired) electrons. The fourth-order valence-electron chi connectivity index (χ4n) is 3.17. The molecule has 1 aromatic carbocycles. The molecule has 0 aliphatic carbocycles. The zero-order chi connectivity index (χ0) is 19.6.